The third kappa shape index (κ3) is 5.11. The van der Waals surface area contributed by atoms with E-state index in [2.05, 4.69) is 240 Å². The Morgan fingerprint density at radius 2 is 0.912 bits per heavy atom. The van der Waals surface area contributed by atoms with Crippen LogP contribution in [-0.4, -0.2) is 4.57 Å². The lowest BCUT2D eigenvalue weighted by Crippen LogP contribution is -2.28. The van der Waals surface area contributed by atoms with Crippen LogP contribution in [0, 0.1) is 0 Å². The van der Waals surface area contributed by atoms with E-state index in [9.17, 15) is 0 Å². The van der Waals surface area contributed by atoms with E-state index in [1.807, 2.05) is 0 Å². The molecule has 2 heteroatoms. The summed E-state index contributed by atoms with van der Waals surface area (Å²) in [7, 11) is 0. The number of nitrogens with zero attached hydrogens (tertiary/aromatic N) is 2. The Kier molecular flexibility index (Phi) is 7.75. The molecule has 0 aliphatic heterocycles. The van der Waals surface area contributed by atoms with E-state index in [1.165, 1.54) is 60.8 Å². The van der Waals surface area contributed by atoms with Gasteiger partial charge in [-0.3, -0.25) is 0 Å². The maximum atomic E-state index is 2.48. The molecule has 1 aliphatic rings. The van der Waals surface area contributed by atoms with Crippen molar-refractivity contribution in [2.75, 3.05) is 4.90 Å². The van der Waals surface area contributed by atoms with E-state index >= 15 is 0 Å². The Hall–Kier alpha value is -7.42. The van der Waals surface area contributed by atoms with Gasteiger partial charge >= 0.3 is 0 Å². The fourth-order valence-electron chi connectivity index (χ4n) is 9.48. The first-order chi connectivity index (χ1) is 28.3. The number of fused-ring (bicyclic) bond motifs is 6. The Labute approximate surface area is 333 Å². The van der Waals surface area contributed by atoms with Gasteiger partial charge in [-0.25, -0.2) is 0 Å². The van der Waals surface area contributed by atoms with Crippen molar-refractivity contribution in [1.29, 1.82) is 0 Å². The number of hydrogen-bond acceptors (Lipinski definition) is 1. The van der Waals surface area contributed by atoms with Crippen molar-refractivity contribution in [1.82, 2.24) is 4.57 Å². The summed E-state index contributed by atoms with van der Waals surface area (Å²) in [4.78, 5) is 2.40. The molecule has 0 saturated heterocycles. The minimum Gasteiger partial charge on any atom is -0.310 e. The van der Waals surface area contributed by atoms with Gasteiger partial charge in [0.2, 0.25) is 0 Å². The van der Waals surface area contributed by atoms with Gasteiger partial charge < -0.3 is 9.47 Å². The van der Waals surface area contributed by atoms with Crippen LogP contribution in [0.4, 0.5) is 17.1 Å². The van der Waals surface area contributed by atoms with Gasteiger partial charge in [-0.05, 0) is 87.5 Å². The van der Waals surface area contributed by atoms with Crippen LogP contribution >= 0.6 is 0 Å². The highest BCUT2D eigenvalue weighted by atomic mass is 15.1. The van der Waals surface area contributed by atoms with Crippen molar-refractivity contribution >= 4 is 38.9 Å². The summed E-state index contributed by atoms with van der Waals surface area (Å²) in [6.45, 7) is 0. The average Bonchev–Trinajstić information content (AvgIpc) is 3.78. The molecule has 0 spiro atoms. The Morgan fingerprint density at radius 1 is 0.351 bits per heavy atom. The fraction of sp³-hybridized carbons (Fsp3) is 0.0182. The first-order valence-electron chi connectivity index (χ1n) is 19.7. The molecule has 0 bridgehead atoms. The molecule has 11 rings (SSSR count). The van der Waals surface area contributed by atoms with Gasteiger partial charge in [0, 0.05) is 33.4 Å². The summed E-state index contributed by atoms with van der Waals surface area (Å²) in [6.07, 6.45) is 0. The SMILES string of the molecule is c1ccc(-c2ccccc2N(c2ccccc2)c2ccc3c4ccccc4n(-c4ccc5c(c4)C(c4ccccc4)(c4ccccc4)c4ccccc4-5)c3c2)cc1. The fourth-order valence-corrected chi connectivity index (χ4v) is 9.48. The van der Waals surface area contributed by atoms with E-state index in [4.69, 9.17) is 0 Å². The predicted octanol–water partition coefficient (Wildman–Crippen LogP) is 14.3. The molecule has 1 aliphatic carbocycles. The minimum atomic E-state index is -0.486. The Bertz CT molecular complexity index is 3020. The minimum absolute atomic E-state index is 0.486. The summed E-state index contributed by atoms with van der Waals surface area (Å²) in [5.41, 5.74) is 16.4. The molecule has 0 saturated carbocycles. The molecule has 0 amide bonds. The van der Waals surface area contributed by atoms with E-state index in [-0.39, 0.29) is 0 Å². The number of aromatic nitrogens is 1. The quantitative estimate of drug-likeness (QED) is 0.159. The van der Waals surface area contributed by atoms with Gasteiger partial charge in [0.25, 0.3) is 0 Å². The van der Waals surface area contributed by atoms with Crippen LogP contribution in [0.1, 0.15) is 22.3 Å². The molecule has 57 heavy (non-hydrogen) atoms. The van der Waals surface area contributed by atoms with Crippen LogP contribution in [0.2, 0.25) is 0 Å². The molecule has 0 radical (unpaired) electrons. The first-order valence-corrected chi connectivity index (χ1v) is 19.7. The van der Waals surface area contributed by atoms with E-state index < -0.39 is 5.41 Å². The van der Waals surface area contributed by atoms with Crippen LogP contribution < -0.4 is 4.90 Å². The van der Waals surface area contributed by atoms with Crippen LogP contribution in [0.3, 0.4) is 0 Å². The topological polar surface area (TPSA) is 8.17 Å². The summed E-state index contributed by atoms with van der Waals surface area (Å²) in [6, 6.07) is 84.2. The van der Waals surface area contributed by atoms with Crippen molar-refractivity contribution in [3.05, 3.63) is 253 Å². The Morgan fingerprint density at radius 3 is 1.65 bits per heavy atom. The van der Waals surface area contributed by atoms with Gasteiger partial charge in [0.15, 0.2) is 0 Å². The zero-order valence-corrected chi connectivity index (χ0v) is 31.3. The van der Waals surface area contributed by atoms with Crippen LogP contribution in [0.15, 0.2) is 231 Å². The molecule has 2 nitrogen and oxygen atoms in total. The molecular weight excluding hydrogens is 689 g/mol. The molecule has 9 aromatic carbocycles. The maximum Gasteiger partial charge on any atom is 0.0714 e. The third-order valence-corrected chi connectivity index (χ3v) is 11.9. The average molecular weight is 727 g/mol. The van der Waals surface area contributed by atoms with Gasteiger partial charge in [-0.15, -0.1) is 0 Å². The smallest absolute Gasteiger partial charge is 0.0714 e. The number of para-hydroxylation sites is 3. The van der Waals surface area contributed by atoms with Crippen molar-refractivity contribution < 1.29 is 0 Å². The highest BCUT2D eigenvalue weighted by Gasteiger charge is 2.46. The largest absolute Gasteiger partial charge is 0.310 e. The van der Waals surface area contributed by atoms with Crippen molar-refractivity contribution in [2.24, 2.45) is 0 Å². The zero-order chi connectivity index (χ0) is 37.8. The third-order valence-electron chi connectivity index (χ3n) is 11.9. The molecular formula is C55H38N2. The predicted molar refractivity (Wildman–Crippen MR) is 238 cm³/mol. The molecule has 0 fully saturated rings. The molecule has 1 aromatic heterocycles. The standard InChI is InChI=1S/C55H38N2/c1-5-19-39(20-6-1)45-27-14-17-31-52(45)56(42-25-11-4-12-26-42)44-34-36-49-48-29-15-18-32-53(48)57(54(49)38-44)43-33-35-47-46-28-13-16-30-50(46)55(51(47)37-43,40-21-7-2-8-22-40)41-23-9-3-10-24-41/h1-38H. The normalized spacial score (nSPS) is 12.7. The Balaban J connectivity index is 1.18. The van der Waals surface area contributed by atoms with Crippen molar-refractivity contribution in [3.63, 3.8) is 0 Å². The monoisotopic (exact) mass is 726 g/mol. The second kappa shape index (κ2) is 13.4. The molecule has 0 unspecified atom stereocenters. The number of anilines is 3. The number of benzene rings is 9. The first kappa shape index (κ1) is 33.0. The maximum absolute atomic E-state index is 2.48. The summed E-state index contributed by atoms with van der Waals surface area (Å²) >= 11 is 0. The molecule has 1 heterocycles. The zero-order valence-electron chi connectivity index (χ0n) is 31.3. The van der Waals surface area contributed by atoms with Gasteiger partial charge in [0.05, 0.1) is 22.1 Å². The summed E-state index contributed by atoms with van der Waals surface area (Å²) in [5.74, 6) is 0. The molecule has 0 N–H and O–H groups in total. The lowest BCUT2D eigenvalue weighted by Gasteiger charge is -2.34. The van der Waals surface area contributed by atoms with E-state index in [1.54, 1.807) is 0 Å². The van der Waals surface area contributed by atoms with E-state index in [0.29, 0.717) is 0 Å². The van der Waals surface area contributed by atoms with Gasteiger partial charge in [0.1, 0.15) is 0 Å². The lowest BCUT2D eigenvalue weighted by atomic mass is 9.67. The summed E-state index contributed by atoms with van der Waals surface area (Å²) < 4.78 is 2.48. The number of hydrogen-bond donors (Lipinski definition) is 0. The second-order valence-electron chi connectivity index (χ2n) is 14.9. The van der Waals surface area contributed by atoms with Gasteiger partial charge in [-0.2, -0.15) is 0 Å². The van der Waals surface area contributed by atoms with Crippen molar-refractivity contribution in [3.8, 4) is 27.9 Å². The van der Waals surface area contributed by atoms with E-state index in [0.717, 1.165) is 28.3 Å². The van der Waals surface area contributed by atoms with Gasteiger partial charge in [-0.1, -0.05) is 182 Å². The second-order valence-corrected chi connectivity index (χ2v) is 14.9. The molecule has 10 aromatic rings. The highest BCUT2D eigenvalue weighted by molar-refractivity contribution is 6.10. The molecule has 0 atom stereocenters. The highest BCUT2D eigenvalue weighted by Crippen LogP contribution is 2.56. The summed E-state index contributed by atoms with van der Waals surface area (Å²) in [5, 5.41) is 2.45. The van der Waals surface area contributed by atoms with Crippen molar-refractivity contribution in [2.45, 2.75) is 5.41 Å². The lowest BCUT2D eigenvalue weighted by molar-refractivity contribution is 0.767. The van der Waals surface area contributed by atoms with Crippen LogP contribution in [-0.2, 0) is 5.41 Å². The molecule has 268 valence electrons. The van der Waals surface area contributed by atoms with Crippen LogP contribution in [0.5, 0.6) is 0 Å². The van der Waals surface area contributed by atoms with Crippen LogP contribution in [0.25, 0.3) is 49.7 Å². The number of rotatable bonds is 7.